The molecule has 3 aromatic rings. The predicted molar refractivity (Wildman–Crippen MR) is 78.5 cm³/mol. The number of fused-ring (bicyclic) bond motifs is 1. The Morgan fingerprint density at radius 3 is 3.15 bits per heavy atom. The molecule has 3 heterocycles. The molecule has 0 aliphatic carbocycles. The van der Waals surface area contributed by atoms with Gasteiger partial charge in [0, 0.05) is 24.5 Å². The Hall–Kier alpha value is -1.58. The highest BCUT2D eigenvalue weighted by Crippen LogP contribution is 2.30. The van der Waals surface area contributed by atoms with Crippen molar-refractivity contribution in [3.05, 3.63) is 27.8 Å². The van der Waals surface area contributed by atoms with Crippen LogP contribution in [0, 0.1) is 0 Å². The minimum absolute atomic E-state index is 0.198. The van der Waals surface area contributed by atoms with Gasteiger partial charge in [0.2, 0.25) is 0 Å². The second kappa shape index (κ2) is 5.43. The number of nitrogens with two attached hydrogens (primary N) is 1. The lowest BCUT2D eigenvalue weighted by Gasteiger charge is -2.02. The molecule has 0 fully saturated rings. The van der Waals surface area contributed by atoms with Crippen LogP contribution in [0.3, 0.4) is 0 Å². The van der Waals surface area contributed by atoms with Gasteiger partial charge in [-0.1, -0.05) is 0 Å². The molecule has 106 valence electrons. The number of hydrogen-bond donors (Lipinski definition) is 2. The SMILES string of the molecule is CCn1c(Sc2nc3sccn3c2CCN)n[nH]c1=O. The molecule has 0 radical (unpaired) electrons. The van der Waals surface area contributed by atoms with Crippen molar-refractivity contribution in [3.8, 4) is 0 Å². The summed E-state index contributed by atoms with van der Waals surface area (Å²) in [5, 5.41) is 9.99. The average Bonchev–Trinajstić information content (AvgIpc) is 3.09. The Bertz CT molecular complexity index is 782. The fraction of sp³-hybridized carbons (Fsp3) is 0.364. The smallest absolute Gasteiger partial charge is 0.330 e. The summed E-state index contributed by atoms with van der Waals surface area (Å²) in [5.74, 6) is 0. The maximum absolute atomic E-state index is 11.6. The van der Waals surface area contributed by atoms with E-state index in [1.807, 2.05) is 22.9 Å². The van der Waals surface area contributed by atoms with Gasteiger partial charge >= 0.3 is 5.69 Å². The van der Waals surface area contributed by atoms with Crippen LogP contribution >= 0.6 is 23.1 Å². The number of thiazole rings is 1. The number of aromatic nitrogens is 5. The Kier molecular flexibility index (Phi) is 3.64. The van der Waals surface area contributed by atoms with Gasteiger partial charge in [-0.3, -0.25) is 8.97 Å². The molecule has 0 aliphatic heterocycles. The number of aromatic amines is 1. The van der Waals surface area contributed by atoms with Crippen LogP contribution in [0.4, 0.5) is 0 Å². The van der Waals surface area contributed by atoms with Crippen LogP contribution < -0.4 is 11.4 Å². The third kappa shape index (κ3) is 2.17. The predicted octanol–water partition coefficient (Wildman–Crippen LogP) is 0.953. The molecular formula is C11H14N6OS2. The third-order valence-corrected chi connectivity index (χ3v) is 4.70. The number of nitrogens with one attached hydrogen (secondary N) is 1. The molecule has 9 heteroatoms. The summed E-state index contributed by atoms with van der Waals surface area (Å²) in [6.45, 7) is 3.04. The summed E-state index contributed by atoms with van der Waals surface area (Å²) in [5.41, 5.74) is 6.54. The van der Waals surface area contributed by atoms with Gasteiger partial charge in [-0.25, -0.2) is 14.9 Å². The van der Waals surface area contributed by atoms with Crippen molar-refractivity contribution in [2.24, 2.45) is 5.73 Å². The van der Waals surface area contributed by atoms with Gasteiger partial charge in [0.05, 0.1) is 5.69 Å². The van der Waals surface area contributed by atoms with E-state index < -0.39 is 0 Å². The zero-order valence-corrected chi connectivity index (χ0v) is 12.5. The van der Waals surface area contributed by atoms with E-state index >= 15 is 0 Å². The second-order valence-electron chi connectivity index (χ2n) is 4.12. The average molecular weight is 310 g/mol. The molecule has 0 saturated carbocycles. The molecule has 3 rings (SSSR count). The van der Waals surface area contributed by atoms with E-state index in [1.54, 1.807) is 15.9 Å². The molecule has 0 amide bonds. The first kappa shape index (κ1) is 13.4. The fourth-order valence-electron chi connectivity index (χ4n) is 2.01. The van der Waals surface area contributed by atoms with Crippen LogP contribution in [0.15, 0.2) is 26.6 Å². The Morgan fingerprint density at radius 2 is 2.40 bits per heavy atom. The minimum atomic E-state index is -0.198. The van der Waals surface area contributed by atoms with Crippen LogP contribution in [-0.2, 0) is 13.0 Å². The number of nitrogens with zero attached hydrogens (tertiary/aromatic N) is 4. The number of imidazole rings is 1. The quantitative estimate of drug-likeness (QED) is 0.732. The van der Waals surface area contributed by atoms with Gasteiger partial charge in [-0.2, -0.15) is 0 Å². The normalized spacial score (nSPS) is 11.5. The number of H-pyrrole nitrogens is 1. The largest absolute Gasteiger partial charge is 0.343 e. The first-order chi connectivity index (χ1) is 9.74. The van der Waals surface area contributed by atoms with E-state index in [9.17, 15) is 4.79 Å². The molecule has 0 saturated heterocycles. The molecule has 20 heavy (non-hydrogen) atoms. The van der Waals surface area contributed by atoms with Crippen LogP contribution in [0.2, 0.25) is 0 Å². The van der Waals surface area contributed by atoms with E-state index in [2.05, 4.69) is 15.2 Å². The Balaban J connectivity index is 2.03. The molecule has 0 unspecified atom stereocenters. The first-order valence-corrected chi connectivity index (χ1v) is 7.91. The summed E-state index contributed by atoms with van der Waals surface area (Å²) in [6.07, 6.45) is 2.72. The van der Waals surface area contributed by atoms with E-state index in [0.29, 0.717) is 18.2 Å². The third-order valence-electron chi connectivity index (χ3n) is 2.93. The highest BCUT2D eigenvalue weighted by molar-refractivity contribution is 7.99. The molecule has 0 atom stereocenters. The fourth-order valence-corrected chi connectivity index (χ4v) is 3.83. The highest BCUT2D eigenvalue weighted by atomic mass is 32.2. The van der Waals surface area contributed by atoms with Crippen molar-refractivity contribution in [2.75, 3.05) is 6.54 Å². The lowest BCUT2D eigenvalue weighted by atomic mass is 10.3. The van der Waals surface area contributed by atoms with E-state index in [1.165, 1.54) is 11.8 Å². The Labute approximate surface area is 122 Å². The summed E-state index contributed by atoms with van der Waals surface area (Å²) in [6, 6.07) is 0. The van der Waals surface area contributed by atoms with Crippen molar-refractivity contribution in [1.29, 1.82) is 0 Å². The standard InChI is InChI=1S/C11H14N6OS2/c1-2-16-9(18)14-15-11(16)20-8-7(3-4-12)17-5-6-19-10(17)13-8/h5-6H,2-4,12H2,1H3,(H,14,18). The monoisotopic (exact) mass is 310 g/mol. The van der Waals surface area contributed by atoms with Gasteiger partial charge in [0.25, 0.3) is 0 Å². The topological polar surface area (TPSA) is 94.0 Å². The van der Waals surface area contributed by atoms with E-state index in [-0.39, 0.29) is 5.69 Å². The van der Waals surface area contributed by atoms with E-state index in [4.69, 9.17) is 5.73 Å². The van der Waals surface area contributed by atoms with Gasteiger partial charge in [-0.15, -0.1) is 16.4 Å². The number of rotatable bonds is 5. The zero-order chi connectivity index (χ0) is 14.1. The molecular weight excluding hydrogens is 296 g/mol. The van der Waals surface area contributed by atoms with E-state index in [0.717, 1.165) is 22.1 Å². The Morgan fingerprint density at radius 1 is 1.55 bits per heavy atom. The van der Waals surface area contributed by atoms with Gasteiger partial charge < -0.3 is 5.73 Å². The summed E-state index contributed by atoms with van der Waals surface area (Å²) in [7, 11) is 0. The summed E-state index contributed by atoms with van der Waals surface area (Å²) < 4.78 is 3.63. The number of hydrogen-bond acceptors (Lipinski definition) is 6. The maximum Gasteiger partial charge on any atom is 0.343 e. The zero-order valence-electron chi connectivity index (χ0n) is 10.9. The van der Waals surface area contributed by atoms with Crippen molar-refractivity contribution in [1.82, 2.24) is 24.1 Å². The van der Waals surface area contributed by atoms with Crippen LogP contribution in [0.25, 0.3) is 4.96 Å². The first-order valence-electron chi connectivity index (χ1n) is 6.22. The second-order valence-corrected chi connectivity index (χ2v) is 5.94. The highest BCUT2D eigenvalue weighted by Gasteiger charge is 2.17. The van der Waals surface area contributed by atoms with Crippen LogP contribution in [0.1, 0.15) is 12.6 Å². The molecule has 0 bridgehead atoms. The van der Waals surface area contributed by atoms with Crippen molar-refractivity contribution < 1.29 is 0 Å². The van der Waals surface area contributed by atoms with Crippen molar-refractivity contribution in [3.63, 3.8) is 0 Å². The van der Waals surface area contributed by atoms with Gasteiger partial charge in [0.15, 0.2) is 10.1 Å². The summed E-state index contributed by atoms with van der Waals surface area (Å²) >= 11 is 2.97. The molecule has 3 N–H and O–H groups in total. The lowest BCUT2D eigenvalue weighted by Crippen LogP contribution is -2.16. The van der Waals surface area contributed by atoms with Crippen molar-refractivity contribution >= 4 is 28.1 Å². The van der Waals surface area contributed by atoms with Crippen molar-refractivity contribution in [2.45, 2.75) is 30.1 Å². The van der Waals surface area contributed by atoms with Gasteiger partial charge in [-0.05, 0) is 25.2 Å². The molecule has 0 spiro atoms. The summed E-state index contributed by atoms with van der Waals surface area (Å²) in [4.78, 5) is 17.1. The lowest BCUT2D eigenvalue weighted by molar-refractivity contribution is 0.660. The maximum atomic E-state index is 11.6. The minimum Gasteiger partial charge on any atom is -0.330 e. The molecule has 3 aromatic heterocycles. The van der Waals surface area contributed by atoms with Crippen LogP contribution in [0.5, 0.6) is 0 Å². The molecule has 7 nitrogen and oxygen atoms in total. The van der Waals surface area contributed by atoms with Crippen LogP contribution in [-0.4, -0.2) is 30.7 Å². The molecule has 0 aliphatic rings. The molecule has 0 aromatic carbocycles. The van der Waals surface area contributed by atoms with Gasteiger partial charge in [0.1, 0.15) is 5.03 Å².